The van der Waals surface area contributed by atoms with Crippen LogP contribution in [0.4, 0.5) is 0 Å². The van der Waals surface area contributed by atoms with Gasteiger partial charge < -0.3 is 5.32 Å². The molecule has 0 aliphatic rings. The summed E-state index contributed by atoms with van der Waals surface area (Å²) in [4.78, 5) is 4.06. The van der Waals surface area contributed by atoms with Crippen molar-refractivity contribution in [1.82, 2.24) is 10.3 Å². The molecule has 2 heteroatoms. The maximum atomic E-state index is 4.06. The maximum Gasteiger partial charge on any atom is 0.0361 e. The van der Waals surface area contributed by atoms with Crippen molar-refractivity contribution < 1.29 is 0 Å². The molecule has 2 rings (SSSR count). The van der Waals surface area contributed by atoms with Gasteiger partial charge in [0, 0.05) is 18.4 Å². The third-order valence-corrected chi connectivity index (χ3v) is 3.35. The largest absolute Gasteiger partial charge is 0.313 e. The summed E-state index contributed by atoms with van der Waals surface area (Å²) in [6.45, 7) is 2.21. The Bertz CT molecular complexity index is 479. The van der Waals surface area contributed by atoms with Crippen LogP contribution in [-0.4, -0.2) is 12.0 Å². The van der Waals surface area contributed by atoms with Crippen molar-refractivity contribution in [2.45, 2.75) is 25.8 Å². The van der Waals surface area contributed by atoms with Crippen LogP contribution in [0.2, 0.25) is 0 Å². The van der Waals surface area contributed by atoms with Crippen molar-refractivity contribution in [3.8, 4) is 0 Å². The second-order valence-electron chi connectivity index (χ2n) is 4.45. The van der Waals surface area contributed by atoms with Crippen molar-refractivity contribution >= 4 is 0 Å². The summed E-state index contributed by atoms with van der Waals surface area (Å²) >= 11 is 0. The minimum atomic E-state index is 0.364. The van der Waals surface area contributed by atoms with E-state index in [9.17, 15) is 0 Å². The van der Waals surface area contributed by atoms with Crippen molar-refractivity contribution in [1.29, 1.82) is 0 Å². The molecule has 0 radical (unpaired) electrons. The molecule has 0 amide bonds. The average molecular weight is 240 g/mol. The fourth-order valence-electron chi connectivity index (χ4n) is 2.32. The van der Waals surface area contributed by atoms with Crippen molar-refractivity contribution in [2.24, 2.45) is 0 Å². The molecule has 0 fully saturated rings. The smallest absolute Gasteiger partial charge is 0.0361 e. The topological polar surface area (TPSA) is 24.9 Å². The highest BCUT2D eigenvalue weighted by molar-refractivity contribution is 5.31. The van der Waals surface area contributed by atoms with Gasteiger partial charge in [0.25, 0.3) is 0 Å². The number of rotatable bonds is 5. The van der Waals surface area contributed by atoms with Gasteiger partial charge in [-0.25, -0.2) is 0 Å². The Hall–Kier alpha value is -1.67. The van der Waals surface area contributed by atoms with Gasteiger partial charge in [0.15, 0.2) is 0 Å². The van der Waals surface area contributed by atoms with E-state index in [2.05, 4.69) is 53.6 Å². The molecule has 0 saturated heterocycles. The number of nitrogens with one attached hydrogen (secondary N) is 1. The Morgan fingerprint density at radius 3 is 2.50 bits per heavy atom. The minimum Gasteiger partial charge on any atom is -0.313 e. The van der Waals surface area contributed by atoms with E-state index in [0.717, 1.165) is 12.8 Å². The predicted molar refractivity (Wildman–Crippen MR) is 75.6 cm³/mol. The standard InChI is InChI=1S/C16H20N2/c1-3-14-6-4-5-7-15(14)16(17-2)12-13-8-10-18-11-9-13/h4-11,16-17H,3,12H2,1-2H3. The van der Waals surface area contributed by atoms with Gasteiger partial charge in [0.05, 0.1) is 0 Å². The van der Waals surface area contributed by atoms with Crippen LogP contribution in [0.15, 0.2) is 48.8 Å². The number of likely N-dealkylation sites (N-methyl/N-ethyl adjacent to an activating group) is 1. The van der Waals surface area contributed by atoms with Crippen LogP contribution < -0.4 is 5.32 Å². The van der Waals surface area contributed by atoms with Gasteiger partial charge in [-0.2, -0.15) is 0 Å². The number of hydrogen-bond donors (Lipinski definition) is 1. The third-order valence-electron chi connectivity index (χ3n) is 3.35. The van der Waals surface area contributed by atoms with Crippen LogP contribution in [0, 0.1) is 0 Å². The number of hydrogen-bond acceptors (Lipinski definition) is 2. The Balaban J connectivity index is 2.23. The molecule has 0 saturated carbocycles. The molecule has 1 N–H and O–H groups in total. The Labute approximate surface area is 109 Å². The van der Waals surface area contributed by atoms with E-state index >= 15 is 0 Å². The Morgan fingerprint density at radius 1 is 1.11 bits per heavy atom. The second-order valence-corrected chi connectivity index (χ2v) is 4.45. The van der Waals surface area contributed by atoms with Crippen LogP contribution in [0.25, 0.3) is 0 Å². The van der Waals surface area contributed by atoms with Crippen molar-refractivity contribution in [3.05, 3.63) is 65.5 Å². The first kappa shape index (κ1) is 12.8. The highest BCUT2D eigenvalue weighted by atomic mass is 14.9. The molecular weight excluding hydrogens is 220 g/mol. The number of aryl methyl sites for hydroxylation is 1. The monoisotopic (exact) mass is 240 g/mol. The predicted octanol–water partition coefficient (Wildman–Crippen LogP) is 3.15. The normalized spacial score (nSPS) is 12.3. The lowest BCUT2D eigenvalue weighted by atomic mass is 9.94. The maximum absolute atomic E-state index is 4.06. The van der Waals surface area contributed by atoms with Crippen LogP contribution in [0.1, 0.15) is 29.7 Å². The molecule has 2 aromatic rings. The first-order valence-electron chi connectivity index (χ1n) is 6.49. The van der Waals surface area contributed by atoms with Crippen LogP contribution >= 0.6 is 0 Å². The van der Waals surface area contributed by atoms with Gasteiger partial charge in [-0.05, 0) is 48.7 Å². The lowest BCUT2D eigenvalue weighted by Gasteiger charge is -2.19. The van der Waals surface area contributed by atoms with E-state index in [4.69, 9.17) is 0 Å². The zero-order valence-corrected chi connectivity index (χ0v) is 11.1. The Kier molecular flexibility index (Phi) is 4.48. The summed E-state index contributed by atoms with van der Waals surface area (Å²) in [5.74, 6) is 0. The van der Waals surface area contributed by atoms with Gasteiger partial charge >= 0.3 is 0 Å². The average Bonchev–Trinajstić information content (AvgIpc) is 2.46. The fourth-order valence-corrected chi connectivity index (χ4v) is 2.32. The summed E-state index contributed by atoms with van der Waals surface area (Å²) in [5.41, 5.74) is 4.14. The SMILES string of the molecule is CCc1ccccc1C(Cc1ccncc1)NC. The van der Waals surface area contributed by atoms with E-state index in [0.29, 0.717) is 6.04 Å². The lowest BCUT2D eigenvalue weighted by Crippen LogP contribution is -2.20. The van der Waals surface area contributed by atoms with Gasteiger partial charge in [0.2, 0.25) is 0 Å². The van der Waals surface area contributed by atoms with Gasteiger partial charge in [-0.1, -0.05) is 31.2 Å². The highest BCUT2D eigenvalue weighted by Gasteiger charge is 2.12. The first-order valence-corrected chi connectivity index (χ1v) is 6.49. The van der Waals surface area contributed by atoms with Crippen LogP contribution in [-0.2, 0) is 12.8 Å². The van der Waals surface area contributed by atoms with E-state index in [1.165, 1.54) is 16.7 Å². The van der Waals surface area contributed by atoms with Crippen LogP contribution in [0.3, 0.4) is 0 Å². The highest BCUT2D eigenvalue weighted by Crippen LogP contribution is 2.22. The zero-order valence-electron chi connectivity index (χ0n) is 11.1. The van der Waals surface area contributed by atoms with E-state index < -0.39 is 0 Å². The molecule has 0 aliphatic carbocycles. The molecular formula is C16H20N2. The molecule has 0 spiro atoms. The fraction of sp³-hybridized carbons (Fsp3) is 0.312. The van der Waals surface area contributed by atoms with Crippen molar-refractivity contribution in [3.63, 3.8) is 0 Å². The lowest BCUT2D eigenvalue weighted by molar-refractivity contribution is 0.586. The summed E-state index contributed by atoms with van der Waals surface area (Å²) in [6, 6.07) is 13.2. The minimum absolute atomic E-state index is 0.364. The van der Waals surface area contributed by atoms with E-state index in [1.54, 1.807) is 0 Å². The molecule has 1 unspecified atom stereocenters. The summed E-state index contributed by atoms with van der Waals surface area (Å²) < 4.78 is 0. The molecule has 1 aromatic carbocycles. The number of pyridine rings is 1. The van der Waals surface area contributed by atoms with Gasteiger partial charge in [-0.3, -0.25) is 4.98 Å². The molecule has 0 aliphatic heterocycles. The summed E-state index contributed by atoms with van der Waals surface area (Å²) in [5, 5.41) is 3.42. The third kappa shape index (κ3) is 2.96. The van der Waals surface area contributed by atoms with Crippen molar-refractivity contribution in [2.75, 3.05) is 7.05 Å². The first-order chi connectivity index (χ1) is 8.85. The molecule has 94 valence electrons. The number of nitrogens with zero attached hydrogens (tertiary/aromatic N) is 1. The molecule has 1 aromatic heterocycles. The van der Waals surface area contributed by atoms with E-state index in [1.807, 2.05) is 19.4 Å². The summed E-state index contributed by atoms with van der Waals surface area (Å²) in [7, 11) is 2.03. The van der Waals surface area contributed by atoms with E-state index in [-0.39, 0.29) is 0 Å². The summed E-state index contributed by atoms with van der Waals surface area (Å²) in [6.07, 6.45) is 5.78. The van der Waals surface area contributed by atoms with Gasteiger partial charge in [-0.15, -0.1) is 0 Å². The quantitative estimate of drug-likeness (QED) is 0.868. The molecule has 0 bridgehead atoms. The van der Waals surface area contributed by atoms with Crippen LogP contribution in [0.5, 0.6) is 0 Å². The second kappa shape index (κ2) is 6.31. The molecule has 18 heavy (non-hydrogen) atoms. The zero-order chi connectivity index (χ0) is 12.8. The number of benzene rings is 1. The molecule has 1 heterocycles. The number of aromatic nitrogens is 1. The molecule has 2 nitrogen and oxygen atoms in total. The van der Waals surface area contributed by atoms with Gasteiger partial charge in [0.1, 0.15) is 0 Å². The molecule has 1 atom stereocenters. The Morgan fingerprint density at radius 2 is 1.83 bits per heavy atom.